The van der Waals surface area contributed by atoms with Gasteiger partial charge in [0.05, 0.1) is 0 Å². The molecule has 2 nitrogen and oxygen atoms in total. The van der Waals surface area contributed by atoms with Gasteiger partial charge in [-0.15, -0.1) is 11.3 Å². The minimum Gasteiger partial charge on any atom is -0.399 e. The first kappa shape index (κ1) is 10.2. The Hall–Kier alpha value is -1.32. The SMILES string of the molecule is Cc1sccc1C(O)c1ccc(N)cc1. The quantitative estimate of drug-likeness (QED) is 0.763. The van der Waals surface area contributed by atoms with Gasteiger partial charge in [0, 0.05) is 10.6 Å². The molecule has 3 heteroatoms. The van der Waals surface area contributed by atoms with E-state index in [1.807, 2.05) is 30.5 Å². The zero-order chi connectivity index (χ0) is 10.8. The first-order valence-electron chi connectivity index (χ1n) is 4.76. The molecule has 0 fully saturated rings. The van der Waals surface area contributed by atoms with Crippen molar-refractivity contribution in [3.63, 3.8) is 0 Å². The van der Waals surface area contributed by atoms with Crippen molar-refractivity contribution in [3.8, 4) is 0 Å². The molecule has 3 N–H and O–H groups in total. The van der Waals surface area contributed by atoms with Gasteiger partial charge in [-0.3, -0.25) is 0 Å². The lowest BCUT2D eigenvalue weighted by Crippen LogP contribution is -1.99. The van der Waals surface area contributed by atoms with E-state index in [-0.39, 0.29) is 0 Å². The molecule has 0 spiro atoms. The van der Waals surface area contributed by atoms with Gasteiger partial charge in [0.25, 0.3) is 0 Å². The Bertz CT molecular complexity index is 447. The van der Waals surface area contributed by atoms with Crippen LogP contribution in [-0.4, -0.2) is 5.11 Å². The van der Waals surface area contributed by atoms with E-state index in [2.05, 4.69) is 0 Å². The zero-order valence-corrected chi connectivity index (χ0v) is 9.29. The summed E-state index contributed by atoms with van der Waals surface area (Å²) in [5.41, 5.74) is 8.17. The van der Waals surface area contributed by atoms with Gasteiger partial charge in [-0.1, -0.05) is 12.1 Å². The van der Waals surface area contributed by atoms with Crippen LogP contribution in [0.2, 0.25) is 0 Å². The number of benzene rings is 1. The van der Waals surface area contributed by atoms with Gasteiger partial charge in [0.2, 0.25) is 0 Å². The third-order valence-corrected chi connectivity index (χ3v) is 3.31. The van der Waals surface area contributed by atoms with Crippen molar-refractivity contribution in [1.29, 1.82) is 0 Å². The van der Waals surface area contributed by atoms with Crippen LogP contribution in [0.5, 0.6) is 0 Å². The molecule has 2 rings (SSSR count). The lowest BCUT2D eigenvalue weighted by atomic mass is 10.0. The number of hydrogen-bond acceptors (Lipinski definition) is 3. The third-order valence-electron chi connectivity index (χ3n) is 2.45. The van der Waals surface area contributed by atoms with Crippen molar-refractivity contribution in [1.82, 2.24) is 0 Å². The van der Waals surface area contributed by atoms with Crippen LogP contribution in [0, 0.1) is 6.92 Å². The van der Waals surface area contributed by atoms with Crippen molar-refractivity contribution in [3.05, 3.63) is 51.7 Å². The molecule has 2 aromatic rings. The summed E-state index contributed by atoms with van der Waals surface area (Å²) in [4.78, 5) is 1.15. The fourth-order valence-electron chi connectivity index (χ4n) is 1.54. The van der Waals surface area contributed by atoms with Crippen LogP contribution in [0.1, 0.15) is 22.1 Å². The lowest BCUT2D eigenvalue weighted by molar-refractivity contribution is 0.220. The first-order valence-corrected chi connectivity index (χ1v) is 5.64. The molecule has 1 aromatic heterocycles. The van der Waals surface area contributed by atoms with Crippen molar-refractivity contribution in [2.75, 3.05) is 5.73 Å². The molecule has 15 heavy (non-hydrogen) atoms. The maximum Gasteiger partial charge on any atom is 0.105 e. The van der Waals surface area contributed by atoms with Crippen LogP contribution in [0.3, 0.4) is 0 Å². The fourth-order valence-corrected chi connectivity index (χ4v) is 2.27. The summed E-state index contributed by atoms with van der Waals surface area (Å²) in [6.45, 7) is 2.01. The summed E-state index contributed by atoms with van der Waals surface area (Å²) in [6.07, 6.45) is -0.545. The molecule has 0 aliphatic carbocycles. The highest BCUT2D eigenvalue weighted by Gasteiger charge is 2.13. The van der Waals surface area contributed by atoms with Crippen LogP contribution >= 0.6 is 11.3 Å². The van der Waals surface area contributed by atoms with Crippen LogP contribution in [0.25, 0.3) is 0 Å². The summed E-state index contributed by atoms with van der Waals surface area (Å²) in [6, 6.07) is 9.29. The predicted octanol–water partition coefficient (Wildman–Crippen LogP) is 2.72. The average Bonchev–Trinajstić information content (AvgIpc) is 2.65. The number of hydrogen-bond donors (Lipinski definition) is 2. The molecule has 0 aliphatic heterocycles. The predicted molar refractivity (Wildman–Crippen MR) is 64.0 cm³/mol. The Labute approximate surface area is 93.0 Å². The molecule has 0 bridgehead atoms. The van der Waals surface area contributed by atoms with Gasteiger partial charge in [-0.25, -0.2) is 0 Å². The molecular formula is C12H13NOS. The Balaban J connectivity index is 2.32. The highest BCUT2D eigenvalue weighted by atomic mass is 32.1. The Kier molecular flexibility index (Phi) is 2.75. The Morgan fingerprint density at radius 1 is 1.20 bits per heavy atom. The van der Waals surface area contributed by atoms with E-state index >= 15 is 0 Å². The average molecular weight is 219 g/mol. The van der Waals surface area contributed by atoms with Gasteiger partial charge in [0.15, 0.2) is 0 Å². The minimum atomic E-state index is -0.545. The van der Waals surface area contributed by atoms with Crippen molar-refractivity contribution < 1.29 is 5.11 Å². The Morgan fingerprint density at radius 2 is 1.87 bits per heavy atom. The molecule has 0 radical (unpaired) electrons. The van der Waals surface area contributed by atoms with Gasteiger partial charge < -0.3 is 10.8 Å². The smallest absolute Gasteiger partial charge is 0.105 e. The number of aryl methyl sites for hydroxylation is 1. The zero-order valence-electron chi connectivity index (χ0n) is 8.47. The van der Waals surface area contributed by atoms with E-state index in [9.17, 15) is 5.11 Å². The summed E-state index contributed by atoms with van der Waals surface area (Å²) < 4.78 is 0. The topological polar surface area (TPSA) is 46.2 Å². The first-order chi connectivity index (χ1) is 7.18. The molecule has 0 saturated heterocycles. The van der Waals surface area contributed by atoms with Crippen molar-refractivity contribution in [2.45, 2.75) is 13.0 Å². The van der Waals surface area contributed by atoms with Crippen LogP contribution < -0.4 is 5.73 Å². The number of aliphatic hydroxyl groups excluding tert-OH is 1. The summed E-state index contributed by atoms with van der Waals surface area (Å²) in [5.74, 6) is 0. The van der Waals surface area contributed by atoms with Crippen LogP contribution in [-0.2, 0) is 0 Å². The van der Waals surface area contributed by atoms with E-state index in [1.54, 1.807) is 23.5 Å². The third kappa shape index (κ3) is 2.03. The van der Waals surface area contributed by atoms with E-state index in [0.717, 1.165) is 16.0 Å². The van der Waals surface area contributed by atoms with E-state index in [0.29, 0.717) is 5.69 Å². The van der Waals surface area contributed by atoms with Gasteiger partial charge in [-0.2, -0.15) is 0 Å². The number of thiophene rings is 1. The molecule has 1 aromatic carbocycles. The standard InChI is InChI=1S/C12H13NOS/c1-8-11(6-7-15-8)12(14)9-2-4-10(13)5-3-9/h2-7,12,14H,13H2,1H3. The normalized spacial score (nSPS) is 12.7. The van der Waals surface area contributed by atoms with Crippen LogP contribution in [0.15, 0.2) is 35.7 Å². The van der Waals surface area contributed by atoms with E-state index in [1.165, 1.54) is 0 Å². The maximum atomic E-state index is 10.1. The molecule has 1 atom stereocenters. The Morgan fingerprint density at radius 3 is 2.40 bits per heavy atom. The highest BCUT2D eigenvalue weighted by Crippen LogP contribution is 2.28. The summed E-state index contributed by atoms with van der Waals surface area (Å²) >= 11 is 1.65. The molecule has 0 aliphatic rings. The van der Waals surface area contributed by atoms with Crippen LogP contribution in [0.4, 0.5) is 5.69 Å². The molecule has 0 amide bonds. The van der Waals surface area contributed by atoms with Gasteiger partial charge in [0.1, 0.15) is 6.10 Å². The highest BCUT2D eigenvalue weighted by molar-refractivity contribution is 7.10. The number of nitrogen functional groups attached to an aromatic ring is 1. The lowest BCUT2D eigenvalue weighted by Gasteiger charge is -2.10. The number of anilines is 1. The van der Waals surface area contributed by atoms with Crippen molar-refractivity contribution in [2.24, 2.45) is 0 Å². The number of aliphatic hydroxyl groups is 1. The molecule has 78 valence electrons. The van der Waals surface area contributed by atoms with Gasteiger partial charge in [-0.05, 0) is 41.6 Å². The second-order valence-electron chi connectivity index (χ2n) is 3.50. The number of rotatable bonds is 2. The molecule has 1 heterocycles. The molecule has 1 unspecified atom stereocenters. The van der Waals surface area contributed by atoms with Crippen molar-refractivity contribution >= 4 is 17.0 Å². The second-order valence-corrected chi connectivity index (χ2v) is 4.62. The second kappa shape index (κ2) is 4.04. The fraction of sp³-hybridized carbons (Fsp3) is 0.167. The van der Waals surface area contributed by atoms with E-state index in [4.69, 9.17) is 5.73 Å². The van der Waals surface area contributed by atoms with E-state index < -0.39 is 6.10 Å². The van der Waals surface area contributed by atoms with Gasteiger partial charge >= 0.3 is 0 Å². The maximum absolute atomic E-state index is 10.1. The molecule has 0 saturated carbocycles. The largest absolute Gasteiger partial charge is 0.399 e. The molecular weight excluding hydrogens is 206 g/mol. The summed E-state index contributed by atoms with van der Waals surface area (Å²) in [5, 5.41) is 12.1. The number of nitrogens with two attached hydrogens (primary N) is 1. The summed E-state index contributed by atoms with van der Waals surface area (Å²) in [7, 11) is 0. The monoisotopic (exact) mass is 219 g/mol. The minimum absolute atomic E-state index is 0.545.